The van der Waals surface area contributed by atoms with Crippen molar-refractivity contribution in [1.29, 1.82) is 0 Å². The molecule has 1 aromatic carbocycles. The average molecular weight is 352 g/mol. The maximum Gasteiger partial charge on any atom is 0.255 e. The van der Waals surface area contributed by atoms with Crippen LogP contribution < -0.4 is 5.73 Å². The van der Waals surface area contributed by atoms with Gasteiger partial charge in [-0.15, -0.1) is 12.4 Å². The van der Waals surface area contributed by atoms with Crippen molar-refractivity contribution in [2.24, 2.45) is 11.7 Å². The maximum absolute atomic E-state index is 13.0. The molecule has 0 saturated carbocycles. The zero-order valence-electron chi connectivity index (χ0n) is 10.4. The topological polar surface area (TPSA) is 46.3 Å². The number of amides is 1. The van der Waals surface area contributed by atoms with Gasteiger partial charge >= 0.3 is 0 Å². The van der Waals surface area contributed by atoms with Gasteiger partial charge in [0.2, 0.25) is 0 Å². The van der Waals surface area contributed by atoms with E-state index in [0.717, 1.165) is 19.4 Å². The lowest BCUT2D eigenvalue weighted by Gasteiger charge is -2.32. The second-order valence-corrected chi connectivity index (χ2v) is 5.47. The molecule has 0 radical (unpaired) electrons. The van der Waals surface area contributed by atoms with E-state index < -0.39 is 0 Å². The molecule has 1 aliphatic rings. The Balaban J connectivity index is 0.00000180. The normalized spacial score (nSPS) is 18.9. The van der Waals surface area contributed by atoms with Crippen molar-refractivity contribution >= 4 is 34.2 Å². The van der Waals surface area contributed by atoms with Gasteiger partial charge in [0.05, 0.1) is 5.56 Å². The monoisotopic (exact) mass is 350 g/mol. The van der Waals surface area contributed by atoms with Crippen LogP contribution in [-0.2, 0) is 0 Å². The highest BCUT2D eigenvalue weighted by atomic mass is 79.9. The van der Waals surface area contributed by atoms with Crippen LogP contribution in [0.1, 0.15) is 23.2 Å². The molecular weight excluding hydrogens is 335 g/mol. The minimum Gasteiger partial charge on any atom is -0.338 e. The summed E-state index contributed by atoms with van der Waals surface area (Å²) in [5.74, 6) is -0.0288. The van der Waals surface area contributed by atoms with Gasteiger partial charge in [-0.3, -0.25) is 4.79 Å². The highest BCUT2D eigenvalue weighted by molar-refractivity contribution is 9.10. The standard InChI is InChI=1S/C13H16BrFN2O.ClH/c14-12-6-10(15)3-4-11(12)13(18)17-5-1-2-9(7-16)8-17;/h3-4,6,9H,1-2,5,7-8,16H2;1H. The minimum absolute atomic E-state index is 0. The van der Waals surface area contributed by atoms with Crippen LogP contribution in [-0.4, -0.2) is 30.4 Å². The predicted molar refractivity (Wildman–Crippen MR) is 79.0 cm³/mol. The Bertz CT molecular complexity index is 458. The predicted octanol–water partition coefficient (Wildman–Crippen LogP) is 2.82. The molecule has 2 N–H and O–H groups in total. The number of hydrogen-bond donors (Lipinski definition) is 1. The number of nitrogens with zero attached hydrogens (tertiary/aromatic N) is 1. The molecule has 106 valence electrons. The first kappa shape index (κ1) is 16.4. The highest BCUT2D eigenvalue weighted by Crippen LogP contribution is 2.23. The van der Waals surface area contributed by atoms with E-state index in [2.05, 4.69) is 15.9 Å². The van der Waals surface area contributed by atoms with Crippen LogP contribution in [0.4, 0.5) is 4.39 Å². The summed E-state index contributed by atoms with van der Waals surface area (Å²) in [7, 11) is 0. The van der Waals surface area contributed by atoms with Gasteiger partial charge < -0.3 is 10.6 Å². The zero-order valence-corrected chi connectivity index (χ0v) is 12.8. The smallest absolute Gasteiger partial charge is 0.255 e. The fourth-order valence-electron chi connectivity index (χ4n) is 2.28. The molecule has 1 aliphatic heterocycles. The van der Waals surface area contributed by atoms with E-state index in [0.29, 0.717) is 29.0 Å². The Labute approximate surface area is 126 Å². The second kappa shape index (κ2) is 7.22. The van der Waals surface area contributed by atoms with E-state index in [-0.39, 0.29) is 24.1 Å². The van der Waals surface area contributed by atoms with Crippen molar-refractivity contribution in [2.75, 3.05) is 19.6 Å². The van der Waals surface area contributed by atoms with Crippen LogP contribution in [0, 0.1) is 11.7 Å². The number of carbonyl (C=O) groups excluding carboxylic acids is 1. The first-order valence-corrected chi connectivity index (χ1v) is 6.85. The summed E-state index contributed by atoms with van der Waals surface area (Å²) in [5, 5.41) is 0. The number of piperidine rings is 1. The summed E-state index contributed by atoms with van der Waals surface area (Å²) < 4.78 is 13.5. The van der Waals surface area contributed by atoms with Crippen LogP contribution in [0.25, 0.3) is 0 Å². The van der Waals surface area contributed by atoms with Crippen molar-refractivity contribution in [1.82, 2.24) is 4.90 Å². The Morgan fingerprint density at radius 3 is 2.89 bits per heavy atom. The number of rotatable bonds is 2. The average Bonchev–Trinajstić information content (AvgIpc) is 2.38. The fourth-order valence-corrected chi connectivity index (χ4v) is 2.80. The van der Waals surface area contributed by atoms with Crippen molar-refractivity contribution in [3.63, 3.8) is 0 Å². The number of nitrogens with two attached hydrogens (primary N) is 1. The maximum atomic E-state index is 13.0. The molecule has 1 saturated heterocycles. The third-order valence-corrected chi connectivity index (χ3v) is 3.96. The molecule has 6 heteroatoms. The van der Waals surface area contributed by atoms with Crippen molar-refractivity contribution in [3.05, 3.63) is 34.1 Å². The minimum atomic E-state index is -0.350. The van der Waals surface area contributed by atoms with Gasteiger partial charge in [-0.2, -0.15) is 0 Å². The SMILES string of the molecule is Cl.NCC1CCCN(C(=O)c2ccc(F)cc2Br)C1. The van der Waals surface area contributed by atoms with Gasteiger partial charge in [-0.05, 0) is 59.4 Å². The summed E-state index contributed by atoms with van der Waals surface area (Å²) in [4.78, 5) is 14.1. The van der Waals surface area contributed by atoms with Crippen LogP contribution in [0.2, 0.25) is 0 Å². The highest BCUT2D eigenvalue weighted by Gasteiger charge is 2.24. The molecule has 19 heavy (non-hydrogen) atoms. The van der Waals surface area contributed by atoms with Crippen molar-refractivity contribution in [2.45, 2.75) is 12.8 Å². The van der Waals surface area contributed by atoms with E-state index in [1.165, 1.54) is 18.2 Å². The summed E-state index contributed by atoms with van der Waals surface area (Å²) in [6, 6.07) is 4.15. The summed E-state index contributed by atoms with van der Waals surface area (Å²) in [5.41, 5.74) is 6.17. The Morgan fingerprint density at radius 1 is 1.53 bits per heavy atom. The van der Waals surface area contributed by atoms with Crippen molar-refractivity contribution < 1.29 is 9.18 Å². The zero-order chi connectivity index (χ0) is 13.1. The lowest BCUT2D eigenvalue weighted by molar-refractivity contribution is 0.0677. The van der Waals surface area contributed by atoms with Gasteiger partial charge in [0.15, 0.2) is 0 Å². The molecular formula is C13H17BrClFN2O. The molecule has 1 amide bonds. The van der Waals surface area contributed by atoms with Crippen LogP contribution >= 0.6 is 28.3 Å². The molecule has 0 aliphatic carbocycles. The fraction of sp³-hybridized carbons (Fsp3) is 0.462. The van der Waals surface area contributed by atoms with Gasteiger partial charge in [0.25, 0.3) is 5.91 Å². The number of halogens is 3. The second-order valence-electron chi connectivity index (χ2n) is 4.62. The summed E-state index contributed by atoms with van der Waals surface area (Å²) in [6.45, 7) is 2.05. The summed E-state index contributed by atoms with van der Waals surface area (Å²) >= 11 is 3.23. The third kappa shape index (κ3) is 3.91. The van der Waals surface area contributed by atoms with Gasteiger partial charge in [-0.25, -0.2) is 4.39 Å². The molecule has 0 aromatic heterocycles. The van der Waals surface area contributed by atoms with Gasteiger partial charge in [0.1, 0.15) is 5.82 Å². The molecule has 1 heterocycles. The molecule has 0 bridgehead atoms. The Kier molecular flexibility index (Phi) is 6.23. The summed E-state index contributed by atoms with van der Waals surface area (Å²) in [6.07, 6.45) is 2.05. The van der Waals surface area contributed by atoms with Gasteiger partial charge in [-0.1, -0.05) is 0 Å². The number of benzene rings is 1. The largest absolute Gasteiger partial charge is 0.338 e. The molecule has 1 unspecified atom stereocenters. The molecule has 3 nitrogen and oxygen atoms in total. The van der Waals surface area contributed by atoms with Crippen LogP contribution in [0.5, 0.6) is 0 Å². The first-order chi connectivity index (χ1) is 8.61. The molecule has 1 atom stereocenters. The van der Waals surface area contributed by atoms with Crippen LogP contribution in [0.3, 0.4) is 0 Å². The number of likely N-dealkylation sites (tertiary alicyclic amines) is 1. The van der Waals surface area contributed by atoms with Gasteiger partial charge in [0, 0.05) is 17.6 Å². The lowest BCUT2D eigenvalue weighted by Crippen LogP contribution is -2.42. The Hall–Kier alpha value is -0.650. The Morgan fingerprint density at radius 2 is 2.26 bits per heavy atom. The molecule has 0 spiro atoms. The van der Waals surface area contributed by atoms with E-state index in [1.54, 1.807) is 4.90 Å². The van der Waals surface area contributed by atoms with Crippen molar-refractivity contribution in [3.8, 4) is 0 Å². The lowest BCUT2D eigenvalue weighted by atomic mass is 9.97. The first-order valence-electron chi connectivity index (χ1n) is 6.06. The molecule has 2 rings (SSSR count). The molecule has 1 aromatic rings. The third-order valence-electron chi connectivity index (χ3n) is 3.30. The molecule has 1 fully saturated rings. The van der Waals surface area contributed by atoms with E-state index in [4.69, 9.17) is 5.73 Å². The van der Waals surface area contributed by atoms with E-state index >= 15 is 0 Å². The number of hydrogen-bond acceptors (Lipinski definition) is 2. The van der Waals surface area contributed by atoms with E-state index in [1.807, 2.05) is 0 Å². The quantitative estimate of drug-likeness (QED) is 0.890. The van der Waals surface area contributed by atoms with Crippen LogP contribution in [0.15, 0.2) is 22.7 Å². The number of carbonyl (C=O) groups is 1. The van der Waals surface area contributed by atoms with E-state index in [9.17, 15) is 9.18 Å².